The number of hydrogen-bond donors (Lipinski definition) is 1. The van der Waals surface area contributed by atoms with Crippen molar-refractivity contribution in [1.82, 2.24) is 0 Å². The van der Waals surface area contributed by atoms with Crippen LogP contribution in [-0.4, -0.2) is 38.9 Å². The Labute approximate surface area is 173 Å². The molecule has 4 aliphatic carbocycles. The Bertz CT molecular complexity index is 847. The average molecular weight is 425 g/mol. The van der Waals surface area contributed by atoms with Crippen LogP contribution in [0.15, 0.2) is 33.6 Å². The maximum absolute atomic E-state index is 17.0. The van der Waals surface area contributed by atoms with E-state index in [1.54, 1.807) is 23.9 Å². The Kier molecular flexibility index (Phi) is 4.88. The van der Waals surface area contributed by atoms with Gasteiger partial charge in [-0.1, -0.05) is 25.5 Å². The fourth-order valence-electron chi connectivity index (χ4n) is 6.52. The number of allylic oxidation sites excluding steroid dienone is 6. The number of fused-ring (bicyclic) bond motifs is 5. The van der Waals surface area contributed by atoms with Gasteiger partial charge in [-0.3, -0.25) is 9.00 Å². The highest BCUT2D eigenvalue weighted by Crippen LogP contribution is 2.69. The lowest BCUT2D eigenvalue weighted by Gasteiger charge is -2.61. The second kappa shape index (κ2) is 6.64. The van der Waals surface area contributed by atoms with E-state index >= 15 is 4.39 Å². The zero-order valence-electron chi connectivity index (χ0n) is 17.0. The molecule has 0 radical (unpaired) electrons. The van der Waals surface area contributed by atoms with Crippen LogP contribution >= 0.6 is 11.8 Å². The molecule has 0 aromatic carbocycles. The first-order valence-corrected chi connectivity index (χ1v) is 12.6. The minimum Gasteiger partial charge on any atom is -0.390 e. The van der Waals surface area contributed by atoms with Crippen LogP contribution in [0.25, 0.3) is 0 Å². The molecule has 4 aliphatic rings. The topological polar surface area (TPSA) is 54.4 Å². The predicted octanol–water partition coefficient (Wildman–Crippen LogP) is 4.31. The number of alkyl halides is 1. The van der Waals surface area contributed by atoms with Crippen molar-refractivity contribution < 1.29 is 18.5 Å². The minimum atomic E-state index is -1.81. The molecule has 1 N–H and O–H groups in total. The van der Waals surface area contributed by atoms with Gasteiger partial charge in [0.15, 0.2) is 11.5 Å². The Hall–Kier alpha value is -0.720. The molecule has 0 amide bonds. The SMILES string of the molecule is CCS(=O)C1=C(SC)C[C@H]2[C@@H]3CCC4=CC(=O)C=C[C@]4(C)C3(F)[C@@H](O)C[C@]12C. The van der Waals surface area contributed by atoms with Crippen molar-refractivity contribution in [3.8, 4) is 0 Å². The van der Waals surface area contributed by atoms with Gasteiger partial charge in [-0.15, -0.1) is 11.8 Å². The highest BCUT2D eigenvalue weighted by Gasteiger charge is 2.70. The first-order chi connectivity index (χ1) is 13.1. The van der Waals surface area contributed by atoms with Gasteiger partial charge in [-0.2, -0.15) is 0 Å². The van der Waals surface area contributed by atoms with Gasteiger partial charge in [-0.25, -0.2) is 4.39 Å². The van der Waals surface area contributed by atoms with E-state index < -0.39 is 33.4 Å². The van der Waals surface area contributed by atoms with Gasteiger partial charge in [0, 0.05) is 38.2 Å². The van der Waals surface area contributed by atoms with Gasteiger partial charge < -0.3 is 5.11 Å². The summed E-state index contributed by atoms with van der Waals surface area (Å²) in [5, 5.41) is 11.2. The Balaban J connectivity index is 1.82. The Morgan fingerprint density at radius 1 is 1.36 bits per heavy atom. The second-order valence-electron chi connectivity index (χ2n) is 9.06. The van der Waals surface area contributed by atoms with E-state index in [1.807, 2.05) is 20.1 Å². The third-order valence-electron chi connectivity index (χ3n) is 7.94. The largest absolute Gasteiger partial charge is 0.390 e. The molecule has 2 fully saturated rings. The van der Waals surface area contributed by atoms with Crippen LogP contribution in [0.3, 0.4) is 0 Å². The summed E-state index contributed by atoms with van der Waals surface area (Å²) in [5.74, 6) is 0.143. The quantitative estimate of drug-likeness (QED) is 0.733. The number of carbonyl (C=O) groups is 1. The zero-order valence-corrected chi connectivity index (χ0v) is 18.6. The van der Waals surface area contributed by atoms with E-state index in [4.69, 9.17) is 0 Å². The van der Waals surface area contributed by atoms with Crippen LogP contribution in [0.2, 0.25) is 0 Å². The van der Waals surface area contributed by atoms with Crippen molar-refractivity contribution >= 4 is 28.3 Å². The van der Waals surface area contributed by atoms with Crippen molar-refractivity contribution in [3.05, 3.63) is 33.6 Å². The summed E-state index contributed by atoms with van der Waals surface area (Å²) < 4.78 is 29.9. The summed E-state index contributed by atoms with van der Waals surface area (Å²) >= 11 is 1.62. The van der Waals surface area contributed by atoms with E-state index in [0.29, 0.717) is 18.6 Å². The number of aliphatic hydroxyl groups is 1. The molecular formula is C22H29FO3S2. The second-order valence-corrected chi connectivity index (χ2v) is 11.6. The Morgan fingerprint density at radius 2 is 2.07 bits per heavy atom. The molecule has 0 bridgehead atoms. The molecule has 2 unspecified atom stereocenters. The molecule has 7 atom stereocenters. The van der Waals surface area contributed by atoms with Gasteiger partial charge in [-0.05, 0) is 61.8 Å². The van der Waals surface area contributed by atoms with E-state index in [2.05, 4.69) is 6.92 Å². The average Bonchev–Trinajstić information content (AvgIpc) is 2.95. The van der Waals surface area contributed by atoms with Crippen LogP contribution in [-0.2, 0) is 15.6 Å². The lowest BCUT2D eigenvalue weighted by atomic mass is 9.46. The maximum Gasteiger partial charge on any atom is 0.178 e. The molecule has 0 aromatic rings. The van der Waals surface area contributed by atoms with Gasteiger partial charge in [0.2, 0.25) is 0 Å². The summed E-state index contributed by atoms with van der Waals surface area (Å²) in [5.41, 5.74) is -2.41. The number of ketones is 1. The van der Waals surface area contributed by atoms with Gasteiger partial charge in [0.05, 0.1) is 6.10 Å². The van der Waals surface area contributed by atoms with Crippen molar-refractivity contribution in [2.75, 3.05) is 12.0 Å². The van der Waals surface area contributed by atoms with E-state index in [9.17, 15) is 14.1 Å². The zero-order chi connectivity index (χ0) is 20.5. The lowest BCUT2D eigenvalue weighted by molar-refractivity contribution is -0.184. The molecule has 0 saturated heterocycles. The van der Waals surface area contributed by atoms with Gasteiger partial charge in [0.25, 0.3) is 0 Å². The molecule has 4 rings (SSSR count). The first-order valence-electron chi connectivity index (χ1n) is 10.1. The number of hydrogen-bond acceptors (Lipinski definition) is 4. The third kappa shape index (κ3) is 2.43. The third-order valence-corrected chi connectivity index (χ3v) is 10.6. The van der Waals surface area contributed by atoms with Crippen molar-refractivity contribution in [2.45, 2.75) is 58.2 Å². The maximum atomic E-state index is 17.0. The standard InChI is InChI=1S/C22H29FO3S2/c1-5-28(26)19-17(27-4)11-16-15-7-6-13-10-14(24)8-9-21(13,3)22(15,23)18(25)12-20(16,19)2/h8-10,15-16,18,25H,5-7,11-12H2,1-4H3/t15-,16-,18-,20-,21-,22?,28?/m0/s1. The van der Waals surface area contributed by atoms with Crippen LogP contribution in [0.1, 0.15) is 46.5 Å². The first kappa shape index (κ1) is 20.5. The summed E-state index contributed by atoms with van der Waals surface area (Å²) in [6.07, 6.45) is 7.84. The van der Waals surface area contributed by atoms with Crippen molar-refractivity contribution in [1.29, 1.82) is 0 Å². The molecule has 0 aliphatic heterocycles. The number of aliphatic hydroxyl groups excluding tert-OH is 1. The highest BCUT2D eigenvalue weighted by molar-refractivity contribution is 8.03. The van der Waals surface area contributed by atoms with Crippen LogP contribution in [0.5, 0.6) is 0 Å². The van der Waals surface area contributed by atoms with E-state index in [0.717, 1.165) is 21.8 Å². The van der Waals surface area contributed by atoms with Gasteiger partial charge >= 0.3 is 0 Å². The molecular weight excluding hydrogens is 395 g/mol. The number of rotatable bonds is 3. The van der Waals surface area contributed by atoms with E-state index in [1.165, 1.54) is 6.08 Å². The monoisotopic (exact) mass is 424 g/mol. The van der Waals surface area contributed by atoms with Crippen LogP contribution in [0, 0.1) is 22.7 Å². The molecule has 28 heavy (non-hydrogen) atoms. The summed E-state index contributed by atoms with van der Waals surface area (Å²) in [6, 6.07) is 0. The van der Waals surface area contributed by atoms with E-state index in [-0.39, 0.29) is 24.0 Å². The predicted molar refractivity (Wildman–Crippen MR) is 113 cm³/mol. The van der Waals surface area contributed by atoms with Crippen LogP contribution in [0.4, 0.5) is 4.39 Å². The van der Waals surface area contributed by atoms with Crippen LogP contribution < -0.4 is 0 Å². The van der Waals surface area contributed by atoms with Crippen molar-refractivity contribution in [3.63, 3.8) is 0 Å². The summed E-state index contributed by atoms with van der Waals surface area (Å²) in [7, 11) is -1.10. The highest BCUT2D eigenvalue weighted by atomic mass is 32.2. The number of halogens is 1. The Morgan fingerprint density at radius 3 is 2.71 bits per heavy atom. The van der Waals surface area contributed by atoms with Gasteiger partial charge in [0.1, 0.15) is 0 Å². The number of carbonyl (C=O) groups excluding carboxylic acids is 1. The van der Waals surface area contributed by atoms with Crippen molar-refractivity contribution in [2.24, 2.45) is 22.7 Å². The molecule has 6 heteroatoms. The number of thioether (sulfide) groups is 1. The summed E-state index contributed by atoms with van der Waals surface area (Å²) in [6.45, 7) is 5.84. The fourth-order valence-corrected chi connectivity index (χ4v) is 9.19. The fraction of sp³-hybridized carbons (Fsp3) is 0.682. The molecule has 0 heterocycles. The molecule has 2 saturated carbocycles. The molecule has 0 aromatic heterocycles. The molecule has 0 spiro atoms. The minimum absolute atomic E-state index is 0.0262. The molecule has 154 valence electrons. The lowest BCUT2D eigenvalue weighted by Crippen LogP contribution is -2.66. The smallest absolute Gasteiger partial charge is 0.178 e. The normalized spacial score (nSPS) is 46.0. The molecule has 3 nitrogen and oxygen atoms in total. The summed E-state index contributed by atoms with van der Waals surface area (Å²) in [4.78, 5) is 13.9.